The molecule has 8 heteroatoms. The van der Waals surface area contributed by atoms with Crippen LogP contribution >= 0.6 is 11.6 Å². The second-order valence-corrected chi connectivity index (χ2v) is 5.25. The maximum Gasteiger partial charge on any atom is 0.272 e. The Morgan fingerprint density at radius 2 is 2.00 bits per heavy atom. The number of hydrazone groups is 1. The largest absolute Gasteiger partial charge is 0.493 e. The molecule has 0 saturated carbocycles. The molecule has 2 aromatic rings. The van der Waals surface area contributed by atoms with Crippen LogP contribution in [0, 0.1) is 0 Å². The van der Waals surface area contributed by atoms with E-state index in [0.717, 1.165) is 0 Å². The van der Waals surface area contributed by atoms with Crippen LogP contribution < -0.4 is 20.6 Å². The number of rotatable bonds is 7. The summed E-state index contributed by atoms with van der Waals surface area (Å²) >= 11 is 5.95. The van der Waals surface area contributed by atoms with Crippen LogP contribution in [0.1, 0.15) is 15.9 Å². The molecule has 0 bridgehead atoms. The van der Waals surface area contributed by atoms with E-state index >= 15 is 0 Å². The highest BCUT2D eigenvalue weighted by Gasteiger charge is 2.09. The van der Waals surface area contributed by atoms with Crippen LogP contribution in [0.3, 0.4) is 0 Å². The quantitative estimate of drug-likeness (QED) is 0.581. The van der Waals surface area contributed by atoms with Gasteiger partial charge in [0.2, 0.25) is 0 Å². The van der Waals surface area contributed by atoms with Gasteiger partial charge in [-0.3, -0.25) is 9.59 Å². The van der Waals surface area contributed by atoms with Crippen molar-refractivity contribution in [3.8, 4) is 11.5 Å². The van der Waals surface area contributed by atoms with E-state index in [1.807, 2.05) is 0 Å². The fraction of sp³-hybridized carbons (Fsp3) is 0.118. The zero-order chi connectivity index (χ0) is 18.2. The van der Waals surface area contributed by atoms with E-state index in [1.165, 1.54) is 13.3 Å². The third kappa shape index (κ3) is 5.22. The summed E-state index contributed by atoms with van der Waals surface area (Å²) in [5.74, 6) is -0.230. The molecule has 7 nitrogen and oxygen atoms in total. The number of benzene rings is 2. The molecule has 0 unspecified atom stereocenters. The first-order valence-electron chi connectivity index (χ1n) is 7.18. The Morgan fingerprint density at radius 3 is 2.68 bits per heavy atom. The SMILES string of the molecule is COc1cc(/C=N\NC(=O)c2ccccc2Cl)ccc1OCC(N)=O. The molecular formula is C17H16ClN3O4. The molecule has 3 N–H and O–H groups in total. The standard InChI is InChI=1S/C17H16ClN3O4/c1-24-15-8-11(6-7-14(15)25-10-16(19)22)9-20-21-17(23)12-4-2-3-5-13(12)18/h2-9H,10H2,1H3,(H2,19,22)(H,21,23)/b20-9-. The highest BCUT2D eigenvalue weighted by atomic mass is 35.5. The van der Waals surface area contributed by atoms with Gasteiger partial charge in [0.15, 0.2) is 18.1 Å². The molecule has 130 valence electrons. The highest BCUT2D eigenvalue weighted by molar-refractivity contribution is 6.33. The Bertz CT molecular complexity index is 808. The first-order chi connectivity index (χ1) is 12.0. The smallest absolute Gasteiger partial charge is 0.272 e. The molecule has 0 radical (unpaired) electrons. The number of nitrogens with one attached hydrogen (secondary N) is 1. The van der Waals surface area contributed by atoms with Crippen molar-refractivity contribution in [2.45, 2.75) is 0 Å². The van der Waals surface area contributed by atoms with Crippen LogP contribution in [0.5, 0.6) is 11.5 Å². The number of hydrogen-bond acceptors (Lipinski definition) is 5. The molecule has 0 aromatic heterocycles. The zero-order valence-electron chi connectivity index (χ0n) is 13.4. The Morgan fingerprint density at radius 1 is 1.24 bits per heavy atom. The van der Waals surface area contributed by atoms with E-state index in [0.29, 0.717) is 27.6 Å². The van der Waals surface area contributed by atoms with Gasteiger partial charge in [0.1, 0.15) is 0 Å². The molecule has 0 aliphatic rings. The molecule has 0 aliphatic carbocycles. The molecule has 0 saturated heterocycles. The highest BCUT2D eigenvalue weighted by Crippen LogP contribution is 2.27. The zero-order valence-corrected chi connectivity index (χ0v) is 14.1. The van der Waals surface area contributed by atoms with Crippen LogP contribution in [-0.2, 0) is 4.79 Å². The molecule has 0 atom stereocenters. The van der Waals surface area contributed by atoms with Crippen LogP contribution in [0.15, 0.2) is 47.6 Å². The number of nitrogens with zero attached hydrogens (tertiary/aromatic N) is 1. The van der Waals surface area contributed by atoms with E-state index < -0.39 is 11.8 Å². The molecule has 0 spiro atoms. The third-order valence-corrected chi connectivity index (χ3v) is 3.39. The lowest BCUT2D eigenvalue weighted by atomic mass is 10.2. The van der Waals surface area contributed by atoms with Crippen molar-refractivity contribution in [1.82, 2.24) is 5.43 Å². The minimum atomic E-state index is -0.588. The predicted octanol–water partition coefficient (Wildman–Crippen LogP) is 1.98. The van der Waals surface area contributed by atoms with Crippen molar-refractivity contribution in [3.05, 3.63) is 58.6 Å². The second-order valence-electron chi connectivity index (χ2n) is 4.84. The van der Waals surface area contributed by atoms with E-state index in [9.17, 15) is 9.59 Å². The molecule has 0 heterocycles. The summed E-state index contributed by atoms with van der Waals surface area (Å²) in [6.45, 7) is -0.252. The van der Waals surface area contributed by atoms with Gasteiger partial charge in [-0.2, -0.15) is 5.10 Å². The molecule has 0 aliphatic heterocycles. The predicted molar refractivity (Wildman–Crippen MR) is 94.2 cm³/mol. The van der Waals surface area contributed by atoms with Gasteiger partial charge in [-0.1, -0.05) is 23.7 Å². The van der Waals surface area contributed by atoms with Crippen molar-refractivity contribution in [1.29, 1.82) is 0 Å². The topological polar surface area (TPSA) is 103 Å². The molecule has 2 aromatic carbocycles. The summed E-state index contributed by atoms with van der Waals surface area (Å²) < 4.78 is 10.4. The van der Waals surface area contributed by atoms with Crippen molar-refractivity contribution in [3.63, 3.8) is 0 Å². The van der Waals surface area contributed by atoms with Gasteiger partial charge in [0.25, 0.3) is 11.8 Å². The fourth-order valence-electron chi connectivity index (χ4n) is 1.90. The number of carbonyl (C=O) groups is 2. The van der Waals surface area contributed by atoms with Gasteiger partial charge in [0, 0.05) is 0 Å². The molecule has 2 rings (SSSR count). The summed E-state index contributed by atoms with van der Waals surface area (Å²) in [5, 5.41) is 4.23. The summed E-state index contributed by atoms with van der Waals surface area (Å²) in [6.07, 6.45) is 1.44. The maximum absolute atomic E-state index is 12.0. The minimum Gasteiger partial charge on any atom is -0.493 e. The maximum atomic E-state index is 12.0. The number of primary amides is 1. The number of methoxy groups -OCH3 is 1. The summed E-state index contributed by atoms with van der Waals surface area (Å²) in [6, 6.07) is 11.6. The van der Waals surface area contributed by atoms with E-state index in [1.54, 1.807) is 42.5 Å². The van der Waals surface area contributed by atoms with Crippen molar-refractivity contribution < 1.29 is 19.1 Å². The molecular weight excluding hydrogens is 346 g/mol. The van der Waals surface area contributed by atoms with Crippen LogP contribution in [0.2, 0.25) is 5.02 Å². The second kappa shape index (κ2) is 8.70. The monoisotopic (exact) mass is 361 g/mol. The minimum absolute atomic E-state index is 0.252. The van der Waals surface area contributed by atoms with Crippen molar-refractivity contribution in [2.75, 3.05) is 13.7 Å². The number of nitrogens with two attached hydrogens (primary N) is 1. The first kappa shape index (κ1) is 18.3. The normalized spacial score (nSPS) is 10.5. The lowest BCUT2D eigenvalue weighted by molar-refractivity contribution is -0.119. The number of amides is 2. The van der Waals surface area contributed by atoms with Crippen molar-refractivity contribution >= 4 is 29.6 Å². The Labute approximate surface area is 149 Å². The van der Waals surface area contributed by atoms with Crippen LogP contribution in [0.25, 0.3) is 0 Å². The van der Waals surface area contributed by atoms with E-state index in [-0.39, 0.29) is 6.61 Å². The summed E-state index contributed by atoms with van der Waals surface area (Å²) in [5.41, 5.74) is 8.42. The molecule has 25 heavy (non-hydrogen) atoms. The van der Waals surface area contributed by atoms with Crippen molar-refractivity contribution in [2.24, 2.45) is 10.8 Å². The first-order valence-corrected chi connectivity index (χ1v) is 7.56. The van der Waals surface area contributed by atoms with Gasteiger partial charge in [0.05, 0.1) is 23.9 Å². The number of carbonyl (C=O) groups excluding carboxylic acids is 2. The Hall–Kier alpha value is -3.06. The summed E-state index contributed by atoms with van der Waals surface area (Å²) in [7, 11) is 1.46. The van der Waals surface area contributed by atoms with Gasteiger partial charge in [-0.15, -0.1) is 0 Å². The van der Waals surface area contributed by atoms with Gasteiger partial charge < -0.3 is 15.2 Å². The lowest BCUT2D eigenvalue weighted by Gasteiger charge is -2.09. The van der Waals surface area contributed by atoms with Gasteiger partial charge in [-0.25, -0.2) is 5.43 Å². The Kier molecular flexibility index (Phi) is 6.36. The fourth-order valence-corrected chi connectivity index (χ4v) is 2.13. The number of halogens is 1. The number of hydrogen-bond donors (Lipinski definition) is 2. The average molecular weight is 362 g/mol. The number of ether oxygens (including phenoxy) is 2. The van der Waals surface area contributed by atoms with E-state index in [4.69, 9.17) is 26.8 Å². The summed E-state index contributed by atoms with van der Waals surface area (Å²) in [4.78, 5) is 22.8. The van der Waals surface area contributed by atoms with E-state index in [2.05, 4.69) is 10.5 Å². The van der Waals surface area contributed by atoms with Crippen LogP contribution in [-0.4, -0.2) is 31.7 Å². The van der Waals surface area contributed by atoms with Crippen LogP contribution in [0.4, 0.5) is 0 Å². The lowest BCUT2D eigenvalue weighted by Crippen LogP contribution is -2.20. The molecule has 0 fully saturated rings. The van der Waals surface area contributed by atoms with Gasteiger partial charge >= 0.3 is 0 Å². The third-order valence-electron chi connectivity index (χ3n) is 3.06. The Balaban J connectivity index is 2.04. The molecule has 2 amide bonds. The van der Waals surface area contributed by atoms with Gasteiger partial charge in [-0.05, 0) is 35.9 Å². The average Bonchev–Trinajstić information content (AvgIpc) is 2.60.